The SMILES string of the molecule is CC.CCC(CC(=O)OC)c1cccc(NS(=O)(=O)c2ccc(C(F)(F)F)cn2)c1.CS. The van der Waals surface area contributed by atoms with Gasteiger partial charge in [0.2, 0.25) is 0 Å². The van der Waals surface area contributed by atoms with Crippen LogP contribution in [0.2, 0.25) is 0 Å². The first-order valence-corrected chi connectivity index (χ1v) is 12.1. The first-order chi connectivity index (χ1) is 15.1. The van der Waals surface area contributed by atoms with Crippen LogP contribution in [0.15, 0.2) is 47.6 Å². The number of nitrogens with one attached hydrogen (secondary N) is 1. The molecule has 180 valence electrons. The highest BCUT2D eigenvalue weighted by Crippen LogP contribution is 2.29. The zero-order valence-corrected chi connectivity index (χ0v) is 20.3. The van der Waals surface area contributed by atoms with E-state index in [-0.39, 0.29) is 24.0 Å². The Balaban J connectivity index is 0.00000227. The Kier molecular flexibility index (Phi) is 13.0. The molecule has 0 bridgehead atoms. The molecule has 2 rings (SSSR count). The molecule has 2 aromatic rings. The van der Waals surface area contributed by atoms with Gasteiger partial charge in [-0.05, 0) is 48.4 Å². The summed E-state index contributed by atoms with van der Waals surface area (Å²) in [7, 11) is -2.88. The Morgan fingerprint density at radius 2 is 1.81 bits per heavy atom. The maximum absolute atomic E-state index is 12.6. The number of benzene rings is 1. The van der Waals surface area contributed by atoms with Crippen LogP contribution in [0.25, 0.3) is 0 Å². The van der Waals surface area contributed by atoms with Crippen LogP contribution in [-0.4, -0.2) is 32.7 Å². The number of ether oxygens (including phenoxy) is 1. The minimum Gasteiger partial charge on any atom is -0.469 e. The molecule has 0 radical (unpaired) electrons. The second kappa shape index (κ2) is 14.0. The van der Waals surface area contributed by atoms with Gasteiger partial charge in [-0.1, -0.05) is 32.9 Å². The van der Waals surface area contributed by atoms with E-state index in [1.54, 1.807) is 24.5 Å². The smallest absolute Gasteiger partial charge is 0.417 e. The van der Waals surface area contributed by atoms with Gasteiger partial charge in [0.15, 0.2) is 5.03 Å². The lowest BCUT2D eigenvalue weighted by molar-refractivity contribution is -0.141. The number of sulfonamides is 1. The van der Waals surface area contributed by atoms with E-state index in [2.05, 4.69) is 27.1 Å². The first kappa shape index (κ1) is 29.7. The lowest BCUT2D eigenvalue weighted by Gasteiger charge is -2.16. The third-order valence-corrected chi connectivity index (χ3v) is 5.38. The van der Waals surface area contributed by atoms with Gasteiger partial charge in [0.05, 0.1) is 19.1 Å². The van der Waals surface area contributed by atoms with Crippen molar-refractivity contribution in [2.24, 2.45) is 0 Å². The van der Waals surface area contributed by atoms with Gasteiger partial charge in [-0.15, -0.1) is 0 Å². The number of nitrogens with zero attached hydrogens (tertiary/aromatic N) is 1. The Hall–Kier alpha value is -2.27. The second-order valence-electron chi connectivity index (χ2n) is 6.00. The summed E-state index contributed by atoms with van der Waals surface area (Å²) in [6.07, 6.45) is -1.67. The van der Waals surface area contributed by atoms with Crippen molar-refractivity contribution in [3.05, 3.63) is 53.7 Å². The number of alkyl halides is 3. The summed E-state index contributed by atoms with van der Waals surface area (Å²) in [4.78, 5) is 14.9. The number of halogens is 3. The van der Waals surface area contributed by atoms with E-state index in [0.29, 0.717) is 18.7 Å². The average Bonchev–Trinajstić information content (AvgIpc) is 2.79. The number of esters is 1. The zero-order valence-electron chi connectivity index (χ0n) is 18.6. The molecule has 0 fully saturated rings. The van der Waals surface area contributed by atoms with Crippen molar-refractivity contribution in [2.75, 3.05) is 18.1 Å². The van der Waals surface area contributed by atoms with Gasteiger partial charge in [0.1, 0.15) is 0 Å². The fourth-order valence-electron chi connectivity index (χ4n) is 2.55. The van der Waals surface area contributed by atoms with E-state index in [4.69, 9.17) is 0 Å². The van der Waals surface area contributed by atoms with E-state index in [0.717, 1.165) is 11.6 Å². The van der Waals surface area contributed by atoms with Crippen LogP contribution in [0.1, 0.15) is 50.7 Å². The lowest BCUT2D eigenvalue weighted by atomic mass is 9.93. The standard InChI is InChI=1S/C18H19F3N2O4S.C2H6.CH4S/c1-3-12(10-17(24)27-2)13-5-4-6-15(9-13)23-28(25,26)16-8-7-14(11-22-16)18(19,20)21;2*1-2/h4-9,11-12,23H,3,10H2,1-2H3;1-2H3;2H,1H3. The van der Waals surface area contributed by atoms with Crippen molar-refractivity contribution in [1.29, 1.82) is 0 Å². The van der Waals surface area contributed by atoms with Gasteiger partial charge in [-0.2, -0.15) is 34.2 Å². The van der Waals surface area contributed by atoms with Crippen LogP contribution in [0.5, 0.6) is 0 Å². The number of pyridine rings is 1. The van der Waals surface area contributed by atoms with E-state index in [1.165, 1.54) is 13.2 Å². The van der Waals surface area contributed by atoms with Crippen LogP contribution in [-0.2, 0) is 25.7 Å². The molecular weight excluding hydrogens is 465 g/mol. The first-order valence-electron chi connectivity index (χ1n) is 9.74. The monoisotopic (exact) mass is 494 g/mol. The number of hydrogen-bond donors (Lipinski definition) is 2. The molecule has 1 aromatic heterocycles. The predicted molar refractivity (Wildman–Crippen MR) is 122 cm³/mol. The molecule has 0 saturated heterocycles. The Bertz CT molecular complexity index is 935. The number of thiol groups is 1. The third-order valence-electron chi connectivity index (χ3n) is 4.08. The number of hydrogen-bond acceptors (Lipinski definition) is 6. The van der Waals surface area contributed by atoms with Gasteiger partial charge in [-0.25, -0.2) is 4.98 Å². The molecule has 1 aromatic carbocycles. The maximum Gasteiger partial charge on any atom is 0.417 e. The number of anilines is 1. The summed E-state index contributed by atoms with van der Waals surface area (Å²) in [6, 6.07) is 7.88. The van der Waals surface area contributed by atoms with Crippen molar-refractivity contribution in [1.82, 2.24) is 4.98 Å². The highest BCUT2D eigenvalue weighted by molar-refractivity contribution is 7.92. The van der Waals surface area contributed by atoms with Gasteiger partial charge < -0.3 is 4.74 Å². The van der Waals surface area contributed by atoms with E-state index >= 15 is 0 Å². The predicted octanol–water partition coefficient (Wildman–Crippen LogP) is 5.53. The van der Waals surface area contributed by atoms with Gasteiger partial charge >= 0.3 is 12.1 Å². The van der Waals surface area contributed by atoms with Crippen LogP contribution in [0.3, 0.4) is 0 Å². The molecule has 1 atom stereocenters. The second-order valence-corrected chi connectivity index (χ2v) is 7.63. The Morgan fingerprint density at radius 1 is 1.19 bits per heavy atom. The number of methoxy groups -OCH3 is 1. The Labute approximate surface area is 193 Å². The minimum atomic E-state index is -4.61. The molecule has 1 N–H and O–H groups in total. The van der Waals surface area contributed by atoms with Crippen molar-refractivity contribution >= 4 is 34.3 Å². The average molecular weight is 495 g/mol. The summed E-state index contributed by atoms with van der Waals surface area (Å²) < 4.78 is 69.6. The van der Waals surface area contributed by atoms with Gasteiger partial charge in [0.25, 0.3) is 10.0 Å². The molecule has 0 amide bonds. The quantitative estimate of drug-likeness (QED) is 0.391. The van der Waals surface area contributed by atoms with Gasteiger partial charge in [0, 0.05) is 11.9 Å². The summed E-state index contributed by atoms with van der Waals surface area (Å²) in [6.45, 7) is 5.89. The normalized spacial score (nSPS) is 11.8. The van der Waals surface area contributed by atoms with Crippen LogP contribution < -0.4 is 4.72 Å². The van der Waals surface area contributed by atoms with Crippen molar-refractivity contribution in [3.8, 4) is 0 Å². The number of carbonyl (C=O) groups is 1. The minimum absolute atomic E-state index is 0.143. The Morgan fingerprint density at radius 3 is 2.28 bits per heavy atom. The summed E-state index contributed by atoms with van der Waals surface area (Å²) >= 11 is 3.53. The van der Waals surface area contributed by atoms with E-state index < -0.39 is 26.8 Å². The fraction of sp³-hybridized carbons (Fsp3) is 0.429. The maximum atomic E-state index is 12.6. The molecule has 1 heterocycles. The number of rotatable bonds is 7. The highest BCUT2D eigenvalue weighted by Gasteiger charge is 2.31. The third kappa shape index (κ3) is 9.07. The molecule has 0 aliphatic rings. The molecule has 0 aliphatic carbocycles. The molecule has 32 heavy (non-hydrogen) atoms. The van der Waals surface area contributed by atoms with Crippen LogP contribution >= 0.6 is 12.6 Å². The molecular formula is C21H29F3N2O4S2. The van der Waals surface area contributed by atoms with E-state index in [9.17, 15) is 26.4 Å². The zero-order chi connectivity index (χ0) is 24.9. The summed E-state index contributed by atoms with van der Waals surface area (Å²) in [5.41, 5.74) is -0.0990. The van der Waals surface area contributed by atoms with Crippen LogP contribution in [0.4, 0.5) is 18.9 Å². The highest BCUT2D eigenvalue weighted by atomic mass is 32.2. The van der Waals surface area contributed by atoms with E-state index in [1.807, 2.05) is 20.8 Å². The topological polar surface area (TPSA) is 85.4 Å². The number of aromatic nitrogens is 1. The molecule has 6 nitrogen and oxygen atoms in total. The number of carbonyl (C=O) groups excluding carboxylic acids is 1. The molecule has 11 heteroatoms. The summed E-state index contributed by atoms with van der Waals surface area (Å²) in [5, 5.41) is -0.535. The largest absolute Gasteiger partial charge is 0.469 e. The van der Waals surface area contributed by atoms with Gasteiger partial charge in [-0.3, -0.25) is 9.52 Å². The van der Waals surface area contributed by atoms with Crippen molar-refractivity contribution in [2.45, 2.75) is 50.7 Å². The molecule has 1 unspecified atom stereocenters. The van der Waals surface area contributed by atoms with Crippen molar-refractivity contribution in [3.63, 3.8) is 0 Å². The fourth-order valence-corrected chi connectivity index (χ4v) is 3.53. The molecule has 0 spiro atoms. The lowest BCUT2D eigenvalue weighted by Crippen LogP contribution is -2.16. The summed E-state index contributed by atoms with van der Waals surface area (Å²) in [5.74, 6) is -0.548. The molecule has 0 aliphatic heterocycles. The van der Waals surface area contributed by atoms with Crippen molar-refractivity contribution < 1.29 is 31.1 Å². The molecule has 0 saturated carbocycles. The van der Waals surface area contributed by atoms with Crippen LogP contribution in [0, 0.1) is 0 Å².